The van der Waals surface area contributed by atoms with E-state index in [2.05, 4.69) is 34.2 Å². The predicted molar refractivity (Wildman–Crippen MR) is 130 cm³/mol. The van der Waals surface area contributed by atoms with E-state index in [4.69, 9.17) is 0 Å². The number of phenols is 2. The lowest BCUT2D eigenvalue weighted by Gasteiger charge is -2.09. The first kappa shape index (κ1) is 20.3. The van der Waals surface area contributed by atoms with Gasteiger partial charge in [-0.3, -0.25) is 14.8 Å². The van der Waals surface area contributed by atoms with Crippen LogP contribution in [0.2, 0.25) is 0 Å². The van der Waals surface area contributed by atoms with Crippen molar-refractivity contribution in [2.45, 2.75) is 6.54 Å². The summed E-state index contributed by atoms with van der Waals surface area (Å²) in [5, 5.41) is 32.8. The third-order valence-electron chi connectivity index (χ3n) is 5.66. The van der Waals surface area contributed by atoms with Crippen LogP contribution in [0.1, 0.15) is 11.1 Å². The number of fused-ring (bicyclic) bond motifs is 2. The van der Waals surface area contributed by atoms with Gasteiger partial charge in [-0.2, -0.15) is 0 Å². The maximum atomic E-state index is 12.4. The zero-order valence-electron chi connectivity index (χ0n) is 17.5. The average Bonchev–Trinajstić information content (AvgIpc) is 2.82. The minimum absolute atomic E-state index is 0.201. The van der Waals surface area contributed by atoms with Crippen molar-refractivity contribution in [3.8, 4) is 28.5 Å². The van der Waals surface area contributed by atoms with Crippen LogP contribution in [0.4, 0.5) is 0 Å². The lowest BCUT2D eigenvalue weighted by molar-refractivity contribution is 0.403. The molecule has 0 fully saturated rings. The number of hydrogen-bond donors (Lipinski definition) is 4. The van der Waals surface area contributed by atoms with Crippen molar-refractivity contribution >= 4 is 27.8 Å². The lowest BCUT2D eigenvalue weighted by Crippen LogP contribution is -2.08. The fourth-order valence-electron chi connectivity index (χ4n) is 3.92. The average molecular weight is 436 g/mol. The van der Waals surface area contributed by atoms with Crippen molar-refractivity contribution in [2.75, 3.05) is 0 Å². The van der Waals surface area contributed by atoms with Crippen LogP contribution in [0.25, 0.3) is 32.7 Å². The number of hydrogen-bond acceptors (Lipinski definition) is 5. The number of rotatable bonds is 4. The molecule has 162 valence electrons. The summed E-state index contributed by atoms with van der Waals surface area (Å²) in [5.74, 6) is -0.686. The van der Waals surface area contributed by atoms with Crippen LogP contribution in [-0.2, 0) is 6.54 Å². The van der Waals surface area contributed by atoms with Gasteiger partial charge in [0.2, 0.25) is 5.88 Å². The van der Waals surface area contributed by atoms with Gasteiger partial charge in [0.25, 0.3) is 5.56 Å². The smallest absolute Gasteiger partial charge is 0.258 e. The zero-order chi connectivity index (χ0) is 22.9. The van der Waals surface area contributed by atoms with Crippen molar-refractivity contribution in [3.63, 3.8) is 0 Å². The minimum Gasteiger partial charge on any atom is -0.504 e. The summed E-state index contributed by atoms with van der Waals surface area (Å²) in [4.78, 5) is 19.3. The van der Waals surface area contributed by atoms with Gasteiger partial charge in [-0.15, -0.1) is 0 Å². The van der Waals surface area contributed by atoms with E-state index in [1.54, 1.807) is 12.1 Å². The Morgan fingerprint density at radius 2 is 1.52 bits per heavy atom. The highest BCUT2D eigenvalue weighted by atomic mass is 16.3. The van der Waals surface area contributed by atoms with Crippen molar-refractivity contribution < 1.29 is 15.3 Å². The molecular formula is C27H20N2O4. The molecule has 0 amide bonds. The van der Waals surface area contributed by atoms with Gasteiger partial charge in [0.1, 0.15) is 0 Å². The zero-order valence-corrected chi connectivity index (χ0v) is 17.5. The molecule has 0 aliphatic heterocycles. The van der Waals surface area contributed by atoms with Crippen LogP contribution in [0.15, 0.2) is 88.6 Å². The molecule has 6 nitrogen and oxygen atoms in total. The Bertz CT molecular complexity index is 1600. The van der Waals surface area contributed by atoms with Gasteiger partial charge >= 0.3 is 0 Å². The normalized spacial score (nSPS) is 11.5. The number of benzene rings is 4. The van der Waals surface area contributed by atoms with Crippen molar-refractivity contribution in [3.05, 3.63) is 100 Å². The van der Waals surface area contributed by atoms with Crippen LogP contribution >= 0.6 is 0 Å². The molecule has 0 saturated heterocycles. The van der Waals surface area contributed by atoms with Crippen LogP contribution in [-0.4, -0.2) is 26.5 Å². The molecule has 33 heavy (non-hydrogen) atoms. The quantitative estimate of drug-likeness (QED) is 0.233. The molecule has 1 heterocycles. The van der Waals surface area contributed by atoms with Crippen LogP contribution in [0, 0.1) is 0 Å². The number of aromatic nitrogens is 1. The molecule has 5 rings (SSSR count). The van der Waals surface area contributed by atoms with E-state index < -0.39 is 0 Å². The monoisotopic (exact) mass is 436 g/mol. The molecule has 5 aromatic rings. The first-order valence-electron chi connectivity index (χ1n) is 10.4. The van der Waals surface area contributed by atoms with Crippen LogP contribution in [0.5, 0.6) is 17.4 Å². The molecule has 0 spiro atoms. The highest BCUT2D eigenvalue weighted by Gasteiger charge is 2.11. The minimum atomic E-state index is -0.381. The maximum Gasteiger partial charge on any atom is 0.258 e. The van der Waals surface area contributed by atoms with Gasteiger partial charge < -0.3 is 15.3 Å². The summed E-state index contributed by atoms with van der Waals surface area (Å²) in [6.45, 7) is 0.221. The largest absolute Gasteiger partial charge is 0.504 e. The van der Waals surface area contributed by atoms with E-state index in [1.807, 2.05) is 30.3 Å². The topological polar surface area (TPSA) is 106 Å². The molecule has 0 radical (unpaired) electrons. The Kier molecular flexibility index (Phi) is 5.03. The third-order valence-corrected chi connectivity index (χ3v) is 5.66. The summed E-state index contributed by atoms with van der Waals surface area (Å²) in [7, 11) is 0. The van der Waals surface area contributed by atoms with Crippen molar-refractivity contribution in [1.29, 1.82) is 0 Å². The second-order valence-electron chi connectivity index (χ2n) is 7.83. The van der Waals surface area contributed by atoms with E-state index in [0.717, 1.165) is 21.9 Å². The Balaban J connectivity index is 1.57. The van der Waals surface area contributed by atoms with E-state index in [-0.39, 0.29) is 29.5 Å². The second-order valence-corrected chi connectivity index (χ2v) is 7.83. The molecule has 1 aromatic heterocycles. The van der Waals surface area contributed by atoms with E-state index >= 15 is 0 Å². The number of nitrogens with one attached hydrogen (secondary N) is 1. The highest BCUT2D eigenvalue weighted by Crippen LogP contribution is 2.30. The number of phenolic OH excluding ortho intramolecular Hbond substituents is 2. The number of aliphatic imine (C=N–C) groups is 1. The Hall–Kier alpha value is -4.58. The first-order chi connectivity index (χ1) is 16.0. The molecule has 0 saturated carbocycles. The van der Waals surface area contributed by atoms with E-state index in [9.17, 15) is 20.1 Å². The number of nitrogens with zero attached hydrogens (tertiary/aromatic N) is 1. The molecule has 6 heteroatoms. The Morgan fingerprint density at radius 3 is 2.33 bits per heavy atom. The SMILES string of the molecule is O=c1[nH]c(O)c(C=NCc2ccc(O)c(O)c2)c2cc(-c3ccc4ccccc4c3)ccc12. The predicted octanol–water partition coefficient (Wildman–Crippen LogP) is 5.08. The summed E-state index contributed by atoms with van der Waals surface area (Å²) in [5.41, 5.74) is 2.62. The standard InChI is InChI=1S/C27H20N2O4/c30-24-10-5-16(11-25(24)31)14-28-15-23-22-13-20(8-9-21(22)26(32)29-27(23)33)19-7-6-17-3-1-2-4-18(17)12-19/h1-13,15,30-31H,14H2,(H2,29,32,33). The van der Waals surface area contributed by atoms with Gasteiger partial charge in [-0.05, 0) is 57.8 Å². The molecule has 4 N–H and O–H groups in total. The van der Waals surface area contributed by atoms with Gasteiger partial charge in [0, 0.05) is 17.0 Å². The summed E-state index contributed by atoms with van der Waals surface area (Å²) in [6, 6.07) is 24.2. The first-order valence-corrected chi connectivity index (χ1v) is 10.4. The Morgan fingerprint density at radius 1 is 0.758 bits per heavy atom. The number of pyridine rings is 1. The fraction of sp³-hybridized carbons (Fsp3) is 0.0370. The van der Waals surface area contributed by atoms with E-state index in [1.165, 1.54) is 18.3 Å². The summed E-state index contributed by atoms with van der Waals surface area (Å²) in [6.07, 6.45) is 1.50. The number of aromatic hydroxyl groups is 3. The highest BCUT2D eigenvalue weighted by molar-refractivity contribution is 6.03. The van der Waals surface area contributed by atoms with Crippen molar-refractivity contribution in [1.82, 2.24) is 4.98 Å². The Labute approximate surface area is 188 Å². The van der Waals surface area contributed by atoms with Gasteiger partial charge in [-0.1, -0.05) is 48.5 Å². The molecule has 4 aromatic carbocycles. The molecule has 0 aliphatic rings. The van der Waals surface area contributed by atoms with Crippen LogP contribution in [0.3, 0.4) is 0 Å². The molecule has 0 atom stereocenters. The van der Waals surface area contributed by atoms with E-state index in [0.29, 0.717) is 21.9 Å². The van der Waals surface area contributed by atoms with Gasteiger partial charge in [-0.25, -0.2) is 0 Å². The summed E-state index contributed by atoms with van der Waals surface area (Å²) < 4.78 is 0. The third kappa shape index (κ3) is 3.90. The molecule has 0 bridgehead atoms. The van der Waals surface area contributed by atoms with Gasteiger partial charge in [0.05, 0.1) is 12.1 Å². The van der Waals surface area contributed by atoms with Gasteiger partial charge in [0.15, 0.2) is 11.5 Å². The molecule has 0 unspecified atom stereocenters. The molecule has 0 aliphatic carbocycles. The number of H-pyrrole nitrogens is 1. The summed E-state index contributed by atoms with van der Waals surface area (Å²) >= 11 is 0. The fourth-order valence-corrected chi connectivity index (χ4v) is 3.92. The number of aromatic amines is 1. The maximum absolute atomic E-state index is 12.4. The van der Waals surface area contributed by atoms with Crippen LogP contribution < -0.4 is 5.56 Å². The lowest BCUT2D eigenvalue weighted by atomic mass is 9.97. The second kappa shape index (κ2) is 8.16. The molecular weight excluding hydrogens is 416 g/mol. The van der Waals surface area contributed by atoms with Crippen molar-refractivity contribution in [2.24, 2.45) is 4.99 Å².